The third-order valence-electron chi connectivity index (χ3n) is 1.70. The highest BCUT2D eigenvalue weighted by Crippen LogP contribution is 2.29. The number of hydrogen-bond donors (Lipinski definition) is 3. The standard InChI is InChI=1S/C10H7NO4/c11-5-7(10(14)15)4-6-2-1-3-8(12)9(6)13/h1-4,12-13H,(H,14,15)/b7-4+. The van der Waals surface area contributed by atoms with E-state index < -0.39 is 17.3 Å². The van der Waals surface area contributed by atoms with Crippen molar-refractivity contribution < 1.29 is 20.1 Å². The summed E-state index contributed by atoms with van der Waals surface area (Å²) in [4.78, 5) is 10.5. The van der Waals surface area contributed by atoms with E-state index in [0.717, 1.165) is 6.08 Å². The van der Waals surface area contributed by atoms with Crippen molar-refractivity contribution in [3.05, 3.63) is 29.3 Å². The van der Waals surface area contributed by atoms with E-state index in [0.29, 0.717) is 0 Å². The smallest absolute Gasteiger partial charge is 0.346 e. The molecule has 1 aromatic rings. The number of aromatic hydroxyl groups is 2. The van der Waals surface area contributed by atoms with Crippen molar-refractivity contribution >= 4 is 12.0 Å². The second-order valence-electron chi connectivity index (χ2n) is 2.69. The molecule has 0 bridgehead atoms. The van der Waals surface area contributed by atoms with Gasteiger partial charge in [-0.05, 0) is 12.1 Å². The van der Waals surface area contributed by atoms with Crippen molar-refractivity contribution in [1.82, 2.24) is 0 Å². The predicted octanol–water partition coefficient (Wildman–Crippen LogP) is 1.09. The molecule has 0 unspecified atom stereocenters. The molecule has 0 amide bonds. The molecule has 0 fully saturated rings. The number of nitrogens with zero attached hydrogens (tertiary/aromatic N) is 1. The lowest BCUT2D eigenvalue weighted by molar-refractivity contribution is -0.132. The van der Waals surface area contributed by atoms with Crippen LogP contribution in [0.2, 0.25) is 0 Å². The first kappa shape index (κ1) is 10.6. The van der Waals surface area contributed by atoms with Gasteiger partial charge in [0.1, 0.15) is 11.6 Å². The fraction of sp³-hybridized carbons (Fsp3) is 0. The van der Waals surface area contributed by atoms with Crippen LogP contribution in [0.4, 0.5) is 0 Å². The van der Waals surface area contributed by atoms with E-state index in [-0.39, 0.29) is 11.3 Å². The van der Waals surface area contributed by atoms with E-state index in [2.05, 4.69) is 0 Å². The number of aliphatic carboxylic acids is 1. The number of hydrogen-bond acceptors (Lipinski definition) is 4. The average Bonchev–Trinajstić information content (AvgIpc) is 2.19. The van der Waals surface area contributed by atoms with Crippen molar-refractivity contribution in [2.75, 3.05) is 0 Å². The van der Waals surface area contributed by atoms with Crippen LogP contribution in [0.3, 0.4) is 0 Å². The maximum absolute atomic E-state index is 10.5. The minimum atomic E-state index is -1.39. The Morgan fingerprint density at radius 1 is 1.40 bits per heavy atom. The minimum absolute atomic E-state index is 0.0777. The van der Waals surface area contributed by atoms with Crippen molar-refractivity contribution in [1.29, 1.82) is 5.26 Å². The molecule has 0 radical (unpaired) electrons. The van der Waals surface area contributed by atoms with E-state index in [9.17, 15) is 9.90 Å². The number of carboxylic acids is 1. The monoisotopic (exact) mass is 205 g/mol. The molecule has 1 rings (SSSR count). The molecule has 0 aliphatic rings. The molecule has 0 saturated carbocycles. The van der Waals surface area contributed by atoms with Gasteiger partial charge in [-0.2, -0.15) is 5.26 Å². The Bertz CT molecular complexity index is 471. The maximum Gasteiger partial charge on any atom is 0.346 e. The number of para-hydroxylation sites is 1. The summed E-state index contributed by atoms with van der Waals surface area (Å²) in [7, 11) is 0. The van der Waals surface area contributed by atoms with E-state index >= 15 is 0 Å². The molecule has 0 heterocycles. The number of phenolic OH excluding ortho intramolecular Hbond substituents is 2. The van der Waals surface area contributed by atoms with Gasteiger partial charge in [-0.1, -0.05) is 12.1 Å². The number of carboxylic acid groups (broad SMARTS) is 1. The van der Waals surface area contributed by atoms with Gasteiger partial charge in [0, 0.05) is 5.56 Å². The Morgan fingerprint density at radius 3 is 2.60 bits per heavy atom. The lowest BCUT2D eigenvalue weighted by Gasteiger charge is -2.00. The molecular formula is C10H7NO4. The Hall–Kier alpha value is -2.48. The fourth-order valence-corrected chi connectivity index (χ4v) is 0.962. The van der Waals surface area contributed by atoms with Crippen LogP contribution in [0.25, 0.3) is 6.08 Å². The molecular weight excluding hydrogens is 198 g/mol. The van der Waals surface area contributed by atoms with Gasteiger partial charge in [0.2, 0.25) is 0 Å². The van der Waals surface area contributed by atoms with E-state index in [1.165, 1.54) is 24.3 Å². The third-order valence-corrected chi connectivity index (χ3v) is 1.70. The molecule has 0 saturated heterocycles. The average molecular weight is 205 g/mol. The second-order valence-corrected chi connectivity index (χ2v) is 2.69. The first-order chi connectivity index (χ1) is 7.06. The quantitative estimate of drug-likeness (QED) is 0.381. The largest absolute Gasteiger partial charge is 0.504 e. The summed E-state index contributed by atoms with van der Waals surface area (Å²) >= 11 is 0. The summed E-state index contributed by atoms with van der Waals surface area (Å²) < 4.78 is 0. The number of nitriles is 1. The molecule has 15 heavy (non-hydrogen) atoms. The summed E-state index contributed by atoms with van der Waals surface area (Å²) in [5.74, 6) is -2.21. The van der Waals surface area contributed by atoms with Crippen LogP contribution in [0.1, 0.15) is 5.56 Å². The van der Waals surface area contributed by atoms with Crippen molar-refractivity contribution in [3.8, 4) is 17.6 Å². The molecule has 1 aromatic carbocycles. The normalized spacial score (nSPS) is 10.7. The van der Waals surface area contributed by atoms with E-state index in [1.54, 1.807) is 0 Å². The van der Waals surface area contributed by atoms with E-state index in [4.69, 9.17) is 15.5 Å². The van der Waals surface area contributed by atoms with Crippen LogP contribution in [-0.2, 0) is 4.79 Å². The van der Waals surface area contributed by atoms with Gasteiger partial charge in [-0.15, -0.1) is 0 Å². The van der Waals surface area contributed by atoms with Gasteiger partial charge >= 0.3 is 5.97 Å². The SMILES string of the molecule is N#C/C(=C\c1cccc(O)c1O)C(=O)O. The predicted molar refractivity (Wildman–Crippen MR) is 51.0 cm³/mol. The molecule has 0 aromatic heterocycles. The fourth-order valence-electron chi connectivity index (χ4n) is 0.962. The topological polar surface area (TPSA) is 102 Å². The minimum Gasteiger partial charge on any atom is -0.504 e. The molecule has 0 aliphatic carbocycles. The summed E-state index contributed by atoms with van der Waals surface area (Å²) in [6, 6.07) is 5.53. The molecule has 5 heteroatoms. The molecule has 0 atom stereocenters. The Balaban J connectivity index is 3.25. The maximum atomic E-state index is 10.5. The highest BCUT2D eigenvalue weighted by molar-refractivity contribution is 5.97. The van der Waals surface area contributed by atoms with Gasteiger partial charge < -0.3 is 15.3 Å². The number of rotatable bonds is 2. The zero-order valence-corrected chi connectivity index (χ0v) is 7.51. The van der Waals surface area contributed by atoms with Crippen LogP contribution in [0.5, 0.6) is 11.5 Å². The zero-order valence-electron chi connectivity index (χ0n) is 7.51. The summed E-state index contributed by atoms with van der Waals surface area (Å²) in [5, 5.41) is 35.5. The summed E-state index contributed by atoms with van der Waals surface area (Å²) in [6.07, 6.45) is 0.984. The van der Waals surface area contributed by atoms with Crippen LogP contribution in [-0.4, -0.2) is 21.3 Å². The summed E-state index contributed by atoms with van der Waals surface area (Å²) in [5.41, 5.74) is -0.440. The van der Waals surface area contributed by atoms with Crippen LogP contribution < -0.4 is 0 Å². The van der Waals surface area contributed by atoms with Gasteiger partial charge in [-0.3, -0.25) is 0 Å². The van der Waals surface area contributed by atoms with Gasteiger partial charge in [0.15, 0.2) is 11.5 Å². The van der Waals surface area contributed by atoms with Gasteiger partial charge in [0.05, 0.1) is 0 Å². The number of benzene rings is 1. The summed E-state index contributed by atoms with van der Waals surface area (Å²) in [6.45, 7) is 0. The van der Waals surface area contributed by atoms with Crippen molar-refractivity contribution in [2.24, 2.45) is 0 Å². The highest BCUT2D eigenvalue weighted by Gasteiger charge is 2.09. The number of phenols is 2. The Morgan fingerprint density at radius 2 is 2.07 bits per heavy atom. The van der Waals surface area contributed by atoms with Crippen LogP contribution in [0, 0.1) is 11.3 Å². The number of carbonyl (C=O) groups is 1. The van der Waals surface area contributed by atoms with Gasteiger partial charge in [0.25, 0.3) is 0 Å². The van der Waals surface area contributed by atoms with Crippen molar-refractivity contribution in [2.45, 2.75) is 0 Å². The Kier molecular flexibility index (Phi) is 2.94. The molecule has 0 aliphatic heterocycles. The first-order valence-corrected chi connectivity index (χ1v) is 3.92. The lowest BCUT2D eigenvalue weighted by atomic mass is 10.1. The van der Waals surface area contributed by atoms with Crippen LogP contribution >= 0.6 is 0 Å². The second kappa shape index (κ2) is 4.15. The van der Waals surface area contributed by atoms with Crippen molar-refractivity contribution in [3.63, 3.8) is 0 Å². The van der Waals surface area contributed by atoms with E-state index in [1.807, 2.05) is 0 Å². The molecule has 0 spiro atoms. The molecule has 76 valence electrons. The molecule has 5 nitrogen and oxygen atoms in total. The van der Waals surface area contributed by atoms with Gasteiger partial charge in [-0.25, -0.2) is 4.79 Å². The third kappa shape index (κ3) is 2.25. The van der Waals surface area contributed by atoms with Crippen LogP contribution in [0.15, 0.2) is 23.8 Å². The lowest BCUT2D eigenvalue weighted by Crippen LogP contribution is -1.97. The zero-order chi connectivity index (χ0) is 11.4. The molecule has 3 N–H and O–H groups in total. The highest BCUT2D eigenvalue weighted by atomic mass is 16.4. The first-order valence-electron chi connectivity index (χ1n) is 3.92. The Labute approximate surface area is 85.1 Å².